The number of hydrogen-bond donors (Lipinski definition) is 0. The minimum absolute atomic E-state index is 0.0119. The first kappa shape index (κ1) is 35.7. The third-order valence-corrected chi connectivity index (χ3v) is 13.8. The summed E-state index contributed by atoms with van der Waals surface area (Å²) >= 11 is 0. The first-order valence-electron chi connectivity index (χ1n) is 21.6. The number of aryl methyl sites for hydroxylation is 2. The molecule has 0 heterocycles. The van der Waals surface area contributed by atoms with Gasteiger partial charge in [0, 0.05) is 28.3 Å². The molecule has 0 bridgehead atoms. The van der Waals surface area contributed by atoms with E-state index in [0.717, 1.165) is 32.1 Å². The Bertz CT molecular complexity index is 2810. The Kier molecular flexibility index (Phi) is 8.73. The SMILES string of the molecule is CC1(C)C2=C(CC(N(c3ccc(-c4ccc5c(c4)-c4ccccc4C(c4ccc(-c6ccccc6)cc4)CC5)cc3)c3cccc4c3C=CCC4)C=C2)c2ccccc21. The first-order chi connectivity index (χ1) is 29.0. The van der Waals surface area contributed by atoms with Gasteiger partial charge in [-0.25, -0.2) is 0 Å². The number of anilines is 2. The van der Waals surface area contributed by atoms with Gasteiger partial charge in [-0.15, -0.1) is 0 Å². The fraction of sp³-hybridized carbons (Fsp3) is 0.172. The molecule has 1 nitrogen and oxygen atoms in total. The maximum Gasteiger partial charge on any atom is 0.0566 e. The molecule has 286 valence electrons. The van der Waals surface area contributed by atoms with E-state index in [4.69, 9.17) is 0 Å². The molecule has 7 aromatic rings. The van der Waals surface area contributed by atoms with Crippen molar-refractivity contribution in [1.82, 2.24) is 0 Å². The van der Waals surface area contributed by atoms with Gasteiger partial charge >= 0.3 is 0 Å². The third-order valence-electron chi connectivity index (χ3n) is 13.8. The van der Waals surface area contributed by atoms with Crippen LogP contribution in [0.4, 0.5) is 11.4 Å². The zero-order chi connectivity index (χ0) is 39.5. The lowest BCUT2D eigenvalue weighted by Crippen LogP contribution is -2.32. The highest BCUT2D eigenvalue weighted by molar-refractivity contribution is 5.86. The number of benzene rings is 7. The van der Waals surface area contributed by atoms with Crippen LogP contribution in [0, 0.1) is 0 Å². The number of rotatable bonds is 6. The van der Waals surface area contributed by atoms with E-state index < -0.39 is 0 Å². The van der Waals surface area contributed by atoms with Gasteiger partial charge < -0.3 is 4.90 Å². The second-order valence-corrected chi connectivity index (χ2v) is 17.4. The van der Waals surface area contributed by atoms with E-state index in [1.807, 2.05) is 0 Å². The lowest BCUT2D eigenvalue weighted by molar-refractivity contribution is 0.647. The number of allylic oxidation sites excluding steroid dienone is 3. The molecule has 0 aromatic heterocycles. The Morgan fingerprint density at radius 3 is 2.12 bits per heavy atom. The van der Waals surface area contributed by atoms with Gasteiger partial charge in [-0.1, -0.05) is 178 Å². The van der Waals surface area contributed by atoms with Crippen LogP contribution in [0.5, 0.6) is 0 Å². The zero-order valence-electron chi connectivity index (χ0n) is 34.0. The van der Waals surface area contributed by atoms with Crippen LogP contribution < -0.4 is 4.90 Å². The number of nitrogens with zero attached hydrogens (tertiary/aromatic N) is 1. The average Bonchev–Trinajstić information content (AvgIpc) is 3.40. The van der Waals surface area contributed by atoms with Crippen LogP contribution in [0.15, 0.2) is 188 Å². The topological polar surface area (TPSA) is 3.24 Å². The molecule has 0 saturated carbocycles. The first-order valence-corrected chi connectivity index (χ1v) is 21.6. The second-order valence-electron chi connectivity index (χ2n) is 17.4. The fourth-order valence-corrected chi connectivity index (χ4v) is 10.7. The maximum absolute atomic E-state index is 2.62. The molecule has 0 radical (unpaired) electrons. The molecule has 11 rings (SSSR count). The van der Waals surface area contributed by atoms with Crippen molar-refractivity contribution in [2.75, 3.05) is 4.90 Å². The fourth-order valence-electron chi connectivity index (χ4n) is 10.7. The molecule has 59 heavy (non-hydrogen) atoms. The molecule has 1 heteroatoms. The molecule has 4 aliphatic carbocycles. The lowest BCUT2D eigenvalue weighted by atomic mass is 9.79. The Morgan fingerprint density at radius 2 is 1.27 bits per heavy atom. The molecule has 0 saturated heterocycles. The Morgan fingerprint density at radius 1 is 0.559 bits per heavy atom. The van der Waals surface area contributed by atoms with Crippen LogP contribution in [0.3, 0.4) is 0 Å². The smallest absolute Gasteiger partial charge is 0.0566 e. The molecular weight excluding hydrogens is 711 g/mol. The summed E-state index contributed by atoms with van der Waals surface area (Å²) in [5.41, 5.74) is 23.2. The van der Waals surface area contributed by atoms with Crippen LogP contribution in [0.1, 0.15) is 78.0 Å². The maximum atomic E-state index is 2.62. The Balaban J connectivity index is 0.936. The molecule has 4 aliphatic rings. The van der Waals surface area contributed by atoms with Gasteiger partial charge in [-0.05, 0) is 134 Å². The van der Waals surface area contributed by atoms with Crippen molar-refractivity contribution in [3.05, 3.63) is 227 Å². The highest BCUT2D eigenvalue weighted by Gasteiger charge is 2.39. The van der Waals surface area contributed by atoms with Gasteiger partial charge in [-0.3, -0.25) is 0 Å². The monoisotopic (exact) mass is 759 g/mol. The molecule has 0 amide bonds. The third kappa shape index (κ3) is 6.14. The van der Waals surface area contributed by atoms with Crippen molar-refractivity contribution in [2.45, 2.75) is 63.3 Å². The molecule has 2 unspecified atom stereocenters. The minimum Gasteiger partial charge on any atom is -0.334 e. The minimum atomic E-state index is 0.0119. The van der Waals surface area contributed by atoms with Crippen molar-refractivity contribution >= 4 is 23.0 Å². The Hall–Kier alpha value is -6.44. The van der Waals surface area contributed by atoms with Crippen molar-refractivity contribution in [3.8, 4) is 33.4 Å². The summed E-state index contributed by atoms with van der Waals surface area (Å²) in [5.74, 6) is 0.347. The Labute approximate surface area is 349 Å². The van der Waals surface area contributed by atoms with Gasteiger partial charge in [0.15, 0.2) is 0 Å². The standard InChI is InChI=1S/C58H49N/c1-58(2)55-21-11-10-20-52(55)54-38-47(34-36-56(54)58)59(57-22-12-16-42-15-6-7-17-49(42)57)46-32-29-41(30-33-46)45-28-27-44-31-35-48(50-18-8-9-19-51(50)53(44)37-45)43-25-23-40(24-26-43)39-13-4-3-5-14-39/h3-5,7-14,16-30,32-34,36-37,47-48H,6,15,31,35,38H2,1-2H3. The van der Waals surface area contributed by atoms with Gasteiger partial charge in [0.2, 0.25) is 0 Å². The highest BCUT2D eigenvalue weighted by atomic mass is 15.2. The predicted molar refractivity (Wildman–Crippen MR) is 249 cm³/mol. The van der Waals surface area contributed by atoms with E-state index in [1.54, 1.807) is 0 Å². The summed E-state index contributed by atoms with van der Waals surface area (Å²) in [6.07, 6.45) is 14.9. The van der Waals surface area contributed by atoms with Crippen molar-refractivity contribution < 1.29 is 0 Å². The zero-order valence-corrected chi connectivity index (χ0v) is 34.0. The summed E-state index contributed by atoms with van der Waals surface area (Å²) in [4.78, 5) is 2.62. The van der Waals surface area contributed by atoms with Crippen molar-refractivity contribution in [1.29, 1.82) is 0 Å². The van der Waals surface area contributed by atoms with Crippen LogP contribution in [0.25, 0.3) is 45.0 Å². The van der Waals surface area contributed by atoms with Gasteiger partial charge in [-0.2, -0.15) is 0 Å². The summed E-state index contributed by atoms with van der Waals surface area (Å²) in [6, 6.07) is 61.9. The van der Waals surface area contributed by atoms with E-state index in [-0.39, 0.29) is 11.5 Å². The van der Waals surface area contributed by atoms with Gasteiger partial charge in [0.25, 0.3) is 0 Å². The van der Waals surface area contributed by atoms with E-state index in [2.05, 4.69) is 207 Å². The van der Waals surface area contributed by atoms with Gasteiger partial charge in [0.05, 0.1) is 6.04 Å². The normalized spacial score (nSPS) is 18.3. The summed E-state index contributed by atoms with van der Waals surface area (Å²) in [5, 5.41) is 0. The van der Waals surface area contributed by atoms with Crippen LogP contribution in [-0.4, -0.2) is 6.04 Å². The molecule has 0 spiro atoms. The summed E-state index contributed by atoms with van der Waals surface area (Å²) < 4.78 is 0. The van der Waals surface area contributed by atoms with E-state index in [9.17, 15) is 0 Å². The van der Waals surface area contributed by atoms with Crippen molar-refractivity contribution in [3.63, 3.8) is 0 Å². The molecule has 0 aliphatic heterocycles. The molecule has 0 fully saturated rings. The molecular formula is C58H49N. The molecule has 0 N–H and O–H groups in total. The molecule has 2 atom stereocenters. The van der Waals surface area contributed by atoms with E-state index in [0.29, 0.717) is 5.92 Å². The van der Waals surface area contributed by atoms with Gasteiger partial charge in [0.1, 0.15) is 0 Å². The van der Waals surface area contributed by atoms with Crippen LogP contribution >= 0.6 is 0 Å². The average molecular weight is 760 g/mol. The van der Waals surface area contributed by atoms with Crippen LogP contribution in [-0.2, 0) is 18.3 Å². The summed E-state index contributed by atoms with van der Waals surface area (Å²) in [6.45, 7) is 4.77. The summed E-state index contributed by atoms with van der Waals surface area (Å²) in [7, 11) is 0. The lowest BCUT2D eigenvalue weighted by Gasteiger charge is -2.37. The van der Waals surface area contributed by atoms with Crippen LogP contribution in [0.2, 0.25) is 0 Å². The largest absolute Gasteiger partial charge is 0.334 e. The van der Waals surface area contributed by atoms with Crippen molar-refractivity contribution in [2.24, 2.45) is 0 Å². The van der Waals surface area contributed by atoms with E-state index in [1.165, 1.54) is 94.8 Å². The molecule has 7 aromatic carbocycles. The predicted octanol–water partition coefficient (Wildman–Crippen LogP) is 14.9. The highest BCUT2D eigenvalue weighted by Crippen LogP contribution is 2.52. The number of hydrogen-bond acceptors (Lipinski definition) is 1. The quantitative estimate of drug-likeness (QED) is 0.163. The van der Waals surface area contributed by atoms with E-state index >= 15 is 0 Å². The second kappa shape index (κ2) is 14.4. The number of fused-ring (bicyclic) bond motifs is 6.